The fraction of sp³-hybridized carbons (Fsp3) is 0.167. The third-order valence-electron chi connectivity index (χ3n) is 3.08. The molecule has 0 fully saturated rings. The summed E-state index contributed by atoms with van der Waals surface area (Å²) in [4.78, 5) is 11.1. The molecule has 0 bridgehead atoms. The highest BCUT2D eigenvalue weighted by molar-refractivity contribution is 9.10. The smallest absolute Gasteiger partial charge is 0.330 e. The number of carbonyl (C=O) groups is 1. The fourth-order valence-corrected chi connectivity index (χ4v) is 2.37. The quantitative estimate of drug-likeness (QED) is 0.559. The Kier molecular flexibility index (Phi) is 6.23. The van der Waals surface area contributed by atoms with Crippen LogP contribution in [0.4, 0.5) is 0 Å². The van der Waals surface area contributed by atoms with Gasteiger partial charge in [0.25, 0.3) is 0 Å². The minimum Gasteiger partial charge on any atom is -0.493 e. The number of esters is 1. The average Bonchev–Trinajstić information content (AvgIpc) is 2.58. The van der Waals surface area contributed by atoms with E-state index in [-0.39, 0.29) is 0 Å². The van der Waals surface area contributed by atoms with Crippen molar-refractivity contribution >= 4 is 28.0 Å². The van der Waals surface area contributed by atoms with Crippen molar-refractivity contribution in [3.63, 3.8) is 0 Å². The van der Waals surface area contributed by atoms with Crippen LogP contribution in [0.3, 0.4) is 0 Å². The van der Waals surface area contributed by atoms with E-state index in [1.54, 1.807) is 19.3 Å². The second-order valence-electron chi connectivity index (χ2n) is 4.69. The highest BCUT2D eigenvalue weighted by atomic mass is 79.9. The first-order valence-corrected chi connectivity index (χ1v) is 7.73. The first kappa shape index (κ1) is 17.1. The first-order chi connectivity index (χ1) is 11.1. The van der Waals surface area contributed by atoms with Crippen molar-refractivity contribution in [2.45, 2.75) is 6.61 Å². The lowest BCUT2D eigenvalue weighted by Crippen LogP contribution is -1.98. The van der Waals surface area contributed by atoms with Gasteiger partial charge in [-0.1, -0.05) is 34.1 Å². The molecule has 0 aliphatic heterocycles. The molecule has 120 valence electrons. The van der Waals surface area contributed by atoms with Crippen LogP contribution in [0.2, 0.25) is 0 Å². The number of carbonyl (C=O) groups excluding carboxylic acids is 1. The molecule has 0 amide bonds. The Balaban J connectivity index is 2.10. The zero-order valence-electron chi connectivity index (χ0n) is 12.9. The lowest BCUT2D eigenvalue weighted by molar-refractivity contribution is -0.134. The van der Waals surface area contributed by atoms with E-state index in [1.807, 2.05) is 36.4 Å². The zero-order chi connectivity index (χ0) is 16.7. The molecule has 0 aliphatic rings. The summed E-state index contributed by atoms with van der Waals surface area (Å²) in [6.07, 6.45) is 3.02. The summed E-state index contributed by atoms with van der Waals surface area (Å²) < 4.78 is 16.7. The minimum absolute atomic E-state index is 0.404. The summed E-state index contributed by atoms with van der Waals surface area (Å²) in [7, 11) is 2.92. The van der Waals surface area contributed by atoms with Gasteiger partial charge < -0.3 is 14.2 Å². The van der Waals surface area contributed by atoms with Gasteiger partial charge in [-0.05, 0) is 41.5 Å². The van der Waals surface area contributed by atoms with Crippen molar-refractivity contribution in [3.05, 3.63) is 64.1 Å². The predicted octanol–water partition coefficient (Wildman–Crippen LogP) is 4.22. The van der Waals surface area contributed by atoms with Crippen molar-refractivity contribution < 1.29 is 19.0 Å². The molecule has 0 N–H and O–H groups in total. The van der Waals surface area contributed by atoms with Gasteiger partial charge in [-0.25, -0.2) is 4.79 Å². The molecule has 4 nitrogen and oxygen atoms in total. The molecule has 5 heteroatoms. The van der Waals surface area contributed by atoms with E-state index in [2.05, 4.69) is 20.7 Å². The Morgan fingerprint density at radius 1 is 1.13 bits per heavy atom. The van der Waals surface area contributed by atoms with Crippen LogP contribution in [0.5, 0.6) is 11.5 Å². The number of methoxy groups -OCH3 is 2. The molecule has 0 heterocycles. The van der Waals surface area contributed by atoms with Gasteiger partial charge in [0.05, 0.1) is 14.2 Å². The number of hydrogen-bond donors (Lipinski definition) is 0. The second-order valence-corrected chi connectivity index (χ2v) is 5.60. The average molecular weight is 377 g/mol. The van der Waals surface area contributed by atoms with Gasteiger partial charge in [-0.2, -0.15) is 0 Å². The predicted molar refractivity (Wildman–Crippen MR) is 92.5 cm³/mol. The third kappa shape index (κ3) is 5.14. The highest BCUT2D eigenvalue weighted by Crippen LogP contribution is 2.29. The molecule has 0 spiro atoms. The van der Waals surface area contributed by atoms with E-state index in [0.29, 0.717) is 18.1 Å². The number of rotatable bonds is 6. The number of hydrogen-bond acceptors (Lipinski definition) is 4. The molecule has 0 atom stereocenters. The molecular formula is C18H17BrO4. The van der Waals surface area contributed by atoms with E-state index in [1.165, 1.54) is 13.2 Å². The normalized spacial score (nSPS) is 10.6. The van der Waals surface area contributed by atoms with Gasteiger partial charge in [-0.15, -0.1) is 0 Å². The van der Waals surface area contributed by atoms with E-state index in [9.17, 15) is 4.79 Å². The topological polar surface area (TPSA) is 44.8 Å². The van der Waals surface area contributed by atoms with Crippen LogP contribution in [-0.2, 0) is 16.1 Å². The van der Waals surface area contributed by atoms with E-state index >= 15 is 0 Å². The monoisotopic (exact) mass is 376 g/mol. The highest BCUT2D eigenvalue weighted by Gasteiger charge is 2.06. The summed E-state index contributed by atoms with van der Waals surface area (Å²) in [6.45, 7) is 0.438. The molecular weight excluding hydrogens is 360 g/mol. The Bertz CT molecular complexity index is 710. The molecule has 0 saturated heterocycles. The van der Waals surface area contributed by atoms with Crippen molar-refractivity contribution in [2.75, 3.05) is 14.2 Å². The number of ether oxygens (including phenoxy) is 3. The molecule has 0 radical (unpaired) electrons. The molecule has 2 aromatic carbocycles. The van der Waals surface area contributed by atoms with Crippen molar-refractivity contribution in [2.24, 2.45) is 0 Å². The van der Waals surface area contributed by atoms with Crippen LogP contribution in [0, 0.1) is 0 Å². The fourth-order valence-electron chi connectivity index (χ4n) is 1.93. The lowest BCUT2D eigenvalue weighted by Gasteiger charge is -2.11. The van der Waals surface area contributed by atoms with Gasteiger partial charge >= 0.3 is 5.97 Å². The third-order valence-corrected chi connectivity index (χ3v) is 3.58. The maximum absolute atomic E-state index is 11.1. The summed E-state index contributed by atoms with van der Waals surface area (Å²) >= 11 is 3.44. The summed E-state index contributed by atoms with van der Waals surface area (Å²) in [5, 5.41) is 0. The maximum atomic E-state index is 11.1. The van der Waals surface area contributed by atoms with Gasteiger partial charge in [0.1, 0.15) is 6.61 Å². The molecule has 2 aromatic rings. The first-order valence-electron chi connectivity index (χ1n) is 6.93. The van der Waals surface area contributed by atoms with Crippen molar-refractivity contribution in [3.8, 4) is 11.5 Å². The SMILES string of the molecule is COC(=O)/C=C/c1ccc(OCc2cccc(Br)c2)c(OC)c1. The summed E-state index contributed by atoms with van der Waals surface area (Å²) in [5.74, 6) is 0.841. The van der Waals surface area contributed by atoms with E-state index < -0.39 is 5.97 Å². The van der Waals surface area contributed by atoms with Gasteiger partial charge in [0.2, 0.25) is 0 Å². The summed E-state index contributed by atoms with van der Waals surface area (Å²) in [6, 6.07) is 13.4. The van der Waals surface area contributed by atoms with Crippen LogP contribution < -0.4 is 9.47 Å². The van der Waals surface area contributed by atoms with Crippen LogP contribution >= 0.6 is 15.9 Å². The zero-order valence-corrected chi connectivity index (χ0v) is 14.5. The molecule has 0 aromatic heterocycles. The Morgan fingerprint density at radius 2 is 1.96 bits per heavy atom. The van der Waals surface area contributed by atoms with Gasteiger partial charge in [-0.3, -0.25) is 0 Å². The van der Waals surface area contributed by atoms with E-state index in [4.69, 9.17) is 9.47 Å². The standard InChI is InChI=1S/C18H17BrO4/c1-21-17-11-13(7-9-18(20)22-2)6-8-16(17)23-12-14-4-3-5-15(19)10-14/h3-11H,12H2,1-2H3/b9-7+. The Hall–Kier alpha value is -2.27. The Morgan fingerprint density at radius 3 is 2.65 bits per heavy atom. The van der Waals surface area contributed by atoms with Crippen molar-refractivity contribution in [1.82, 2.24) is 0 Å². The maximum Gasteiger partial charge on any atom is 0.330 e. The largest absolute Gasteiger partial charge is 0.493 e. The summed E-state index contributed by atoms with van der Waals surface area (Å²) in [5.41, 5.74) is 1.87. The van der Waals surface area contributed by atoms with E-state index in [0.717, 1.165) is 15.6 Å². The van der Waals surface area contributed by atoms with Crippen LogP contribution in [0.25, 0.3) is 6.08 Å². The number of halogens is 1. The van der Waals surface area contributed by atoms with Crippen LogP contribution in [-0.4, -0.2) is 20.2 Å². The number of benzene rings is 2. The minimum atomic E-state index is -0.404. The molecule has 0 saturated carbocycles. The molecule has 23 heavy (non-hydrogen) atoms. The van der Waals surface area contributed by atoms with Gasteiger partial charge in [0.15, 0.2) is 11.5 Å². The molecule has 0 aliphatic carbocycles. The van der Waals surface area contributed by atoms with Crippen LogP contribution in [0.1, 0.15) is 11.1 Å². The van der Waals surface area contributed by atoms with Crippen LogP contribution in [0.15, 0.2) is 53.0 Å². The molecule has 2 rings (SSSR count). The second kappa shape index (κ2) is 8.39. The Labute approximate surface area is 143 Å². The lowest BCUT2D eigenvalue weighted by atomic mass is 10.2. The van der Waals surface area contributed by atoms with Gasteiger partial charge in [0, 0.05) is 10.5 Å². The van der Waals surface area contributed by atoms with Crippen molar-refractivity contribution in [1.29, 1.82) is 0 Å². The molecule has 0 unspecified atom stereocenters.